The van der Waals surface area contributed by atoms with Crippen LogP contribution < -0.4 is 4.74 Å². The molecule has 0 radical (unpaired) electrons. The molecule has 0 saturated heterocycles. The van der Waals surface area contributed by atoms with Gasteiger partial charge in [0, 0.05) is 18.9 Å². The highest BCUT2D eigenvalue weighted by Crippen LogP contribution is 2.35. The second-order valence-electron chi connectivity index (χ2n) is 9.17. The summed E-state index contributed by atoms with van der Waals surface area (Å²) in [6.07, 6.45) is 1.37. The minimum Gasteiger partial charge on any atom is -0.497 e. The van der Waals surface area contributed by atoms with E-state index in [1.165, 1.54) is 12.2 Å². The standard InChI is InChI=1S/C30H30O8/c1-36-24-13-9-20(10-14-24)11-15-27(32)38-26-19-30(29(34)35,18-25(31)28(26)33)37-16-4-5-21-8-12-22-6-2-3-7-23(22)17-21/h2-15,17,25-26,28,31,33H,16,18-19H2,1H3,(H,34,35)/t25-,26+,28+,30-/m0/s1. The average molecular weight is 519 g/mol. The molecule has 0 heterocycles. The Bertz CT molecular complexity index is 1330. The van der Waals surface area contributed by atoms with Crippen LogP contribution in [0.2, 0.25) is 0 Å². The van der Waals surface area contributed by atoms with E-state index in [0.29, 0.717) is 11.3 Å². The van der Waals surface area contributed by atoms with Gasteiger partial charge in [0.05, 0.1) is 19.8 Å². The number of aliphatic carboxylic acids is 1. The molecule has 3 aromatic carbocycles. The summed E-state index contributed by atoms with van der Waals surface area (Å²) < 4.78 is 16.2. The molecule has 3 N–H and O–H groups in total. The number of aliphatic hydroxyl groups excluding tert-OH is 2. The number of carboxylic acid groups (broad SMARTS) is 1. The highest BCUT2D eigenvalue weighted by molar-refractivity contribution is 5.87. The first-order chi connectivity index (χ1) is 18.3. The first kappa shape index (κ1) is 27.1. The maximum atomic E-state index is 12.4. The van der Waals surface area contributed by atoms with Crippen molar-refractivity contribution in [3.05, 3.63) is 90.0 Å². The van der Waals surface area contributed by atoms with Gasteiger partial charge in [0.2, 0.25) is 0 Å². The summed E-state index contributed by atoms with van der Waals surface area (Å²) in [6.45, 7) is -0.0556. The molecule has 4 atom stereocenters. The third kappa shape index (κ3) is 6.47. The Morgan fingerprint density at radius 3 is 2.37 bits per heavy atom. The van der Waals surface area contributed by atoms with Crippen LogP contribution in [0.15, 0.2) is 78.9 Å². The van der Waals surface area contributed by atoms with E-state index in [1.807, 2.05) is 48.5 Å². The number of carbonyl (C=O) groups is 2. The molecule has 0 bridgehead atoms. The third-order valence-corrected chi connectivity index (χ3v) is 6.57. The molecule has 1 saturated carbocycles. The van der Waals surface area contributed by atoms with Crippen LogP contribution in [0.1, 0.15) is 24.0 Å². The van der Waals surface area contributed by atoms with E-state index in [-0.39, 0.29) is 19.4 Å². The summed E-state index contributed by atoms with van der Waals surface area (Å²) in [5, 5.41) is 33.0. The van der Waals surface area contributed by atoms with E-state index < -0.39 is 35.9 Å². The second-order valence-corrected chi connectivity index (χ2v) is 9.17. The van der Waals surface area contributed by atoms with Crippen LogP contribution in [0.5, 0.6) is 5.75 Å². The molecule has 198 valence electrons. The lowest BCUT2D eigenvalue weighted by atomic mass is 9.79. The molecule has 0 spiro atoms. The van der Waals surface area contributed by atoms with Gasteiger partial charge in [0.15, 0.2) is 5.60 Å². The van der Waals surface area contributed by atoms with E-state index in [4.69, 9.17) is 14.2 Å². The number of hydrogen-bond donors (Lipinski definition) is 3. The number of rotatable bonds is 9. The Labute approximate surface area is 220 Å². The summed E-state index contributed by atoms with van der Waals surface area (Å²) in [5.74, 6) is -1.42. The fourth-order valence-corrected chi connectivity index (χ4v) is 4.47. The topological polar surface area (TPSA) is 123 Å². The summed E-state index contributed by atoms with van der Waals surface area (Å²) in [5.41, 5.74) is -0.198. The SMILES string of the molecule is COc1ccc(C=CC(=O)O[C@@H]2C[C@](OCC=Cc3ccc4ccccc4c3)(C(=O)O)C[C@H](O)[C@H]2O)cc1. The monoisotopic (exact) mass is 518 g/mol. The van der Waals surface area contributed by atoms with Gasteiger partial charge in [-0.05, 0) is 46.2 Å². The lowest BCUT2D eigenvalue weighted by Gasteiger charge is -2.41. The Morgan fingerprint density at radius 1 is 0.947 bits per heavy atom. The summed E-state index contributed by atoms with van der Waals surface area (Å²) in [6, 6.07) is 20.9. The van der Waals surface area contributed by atoms with Crippen molar-refractivity contribution in [1.29, 1.82) is 0 Å². The predicted molar refractivity (Wildman–Crippen MR) is 142 cm³/mol. The van der Waals surface area contributed by atoms with Gasteiger partial charge in [-0.15, -0.1) is 0 Å². The minimum atomic E-state index is -1.84. The molecule has 3 aromatic rings. The van der Waals surface area contributed by atoms with Gasteiger partial charge in [-0.3, -0.25) is 0 Å². The number of carboxylic acids is 1. The van der Waals surface area contributed by atoms with Crippen molar-refractivity contribution in [3.8, 4) is 5.75 Å². The molecule has 38 heavy (non-hydrogen) atoms. The molecule has 1 fully saturated rings. The smallest absolute Gasteiger partial charge is 0.336 e. The van der Waals surface area contributed by atoms with Crippen molar-refractivity contribution in [3.63, 3.8) is 0 Å². The van der Waals surface area contributed by atoms with Gasteiger partial charge in [0.1, 0.15) is 18.0 Å². The Kier molecular flexibility index (Phi) is 8.58. The number of fused-ring (bicyclic) bond motifs is 1. The van der Waals surface area contributed by atoms with Crippen molar-refractivity contribution in [1.82, 2.24) is 0 Å². The molecule has 1 aliphatic rings. The quantitative estimate of drug-likeness (QED) is 0.289. The Balaban J connectivity index is 1.40. The van der Waals surface area contributed by atoms with Crippen LogP contribution in [0.25, 0.3) is 22.9 Å². The zero-order chi connectivity index (χ0) is 27.1. The molecule has 0 unspecified atom stereocenters. The van der Waals surface area contributed by atoms with Crippen molar-refractivity contribution < 1.29 is 39.1 Å². The van der Waals surface area contributed by atoms with Gasteiger partial charge in [-0.1, -0.05) is 60.7 Å². The van der Waals surface area contributed by atoms with Crippen LogP contribution in [-0.2, 0) is 19.1 Å². The van der Waals surface area contributed by atoms with E-state index in [9.17, 15) is 24.9 Å². The van der Waals surface area contributed by atoms with E-state index in [1.54, 1.807) is 37.5 Å². The number of benzene rings is 3. The average Bonchev–Trinajstić information content (AvgIpc) is 2.92. The fraction of sp³-hybridized carbons (Fsp3) is 0.267. The highest BCUT2D eigenvalue weighted by atomic mass is 16.6. The molecule has 1 aliphatic carbocycles. The number of ether oxygens (including phenoxy) is 3. The van der Waals surface area contributed by atoms with Crippen LogP contribution in [0.3, 0.4) is 0 Å². The number of esters is 1. The normalized spacial score (nSPS) is 23.6. The number of methoxy groups -OCH3 is 1. The first-order valence-electron chi connectivity index (χ1n) is 12.2. The summed E-state index contributed by atoms with van der Waals surface area (Å²) in [7, 11) is 1.55. The van der Waals surface area contributed by atoms with Crippen LogP contribution in [0, 0.1) is 0 Å². The van der Waals surface area contributed by atoms with Crippen molar-refractivity contribution in [2.45, 2.75) is 36.8 Å². The van der Waals surface area contributed by atoms with Gasteiger partial charge >= 0.3 is 11.9 Å². The number of hydrogen-bond acceptors (Lipinski definition) is 7. The third-order valence-electron chi connectivity index (χ3n) is 6.57. The van der Waals surface area contributed by atoms with Crippen LogP contribution in [-0.4, -0.2) is 64.9 Å². The molecule has 8 heteroatoms. The number of carbonyl (C=O) groups excluding carboxylic acids is 1. The molecule has 8 nitrogen and oxygen atoms in total. The van der Waals surface area contributed by atoms with Crippen LogP contribution in [0.4, 0.5) is 0 Å². The molecule has 0 aromatic heterocycles. The van der Waals surface area contributed by atoms with Gasteiger partial charge < -0.3 is 29.5 Å². The van der Waals surface area contributed by atoms with Gasteiger partial charge in [0.25, 0.3) is 0 Å². The molecule has 4 rings (SSSR count). The molecule has 0 aliphatic heterocycles. The first-order valence-corrected chi connectivity index (χ1v) is 12.2. The maximum absolute atomic E-state index is 12.4. The minimum absolute atomic E-state index is 0.0556. The molecule has 0 amide bonds. The lowest BCUT2D eigenvalue weighted by Crippen LogP contribution is -2.58. The van der Waals surface area contributed by atoms with E-state index in [0.717, 1.165) is 16.3 Å². The fourth-order valence-electron chi connectivity index (χ4n) is 4.47. The largest absolute Gasteiger partial charge is 0.497 e. The van der Waals surface area contributed by atoms with Crippen molar-refractivity contribution >= 4 is 34.9 Å². The Morgan fingerprint density at radius 2 is 1.66 bits per heavy atom. The van der Waals surface area contributed by atoms with Crippen molar-refractivity contribution in [2.75, 3.05) is 13.7 Å². The lowest BCUT2D eigenvalue weighted by molar-refractivity contribution is -0.204. The zero-order valence-electron chi connectivity index (χ0n) is 20.9. The second kappa shape index (κ2) is 12.0. The summed E-state index contributed by atoms with van der Waals surface area (Å²) in [4.78, 5) is 24.7. The van der Waals surface area contributed by atoms with Crippen LogP contribution >= 0.6 is 0 Å². The number of aliphatic hydroxyl groups is 2. The summed E-state index contributed by atoms with van der Waals surface area (Å²) >= 11 is 0. The predicted octanol–water partition coefficient (Wildman–Crippen LogP) is 3.84. The van der Waals surface area contributed by atoms with Gasteiger partial charge in [-0.25, -0.2) is 9.59 Å². The molecular formula is C30H30O8. The van der Waals surface area contributed by atoms with E-state index >= 15 is 0 Å². The maximum Gasteiger partial charge on any atom is 0.336 e. The molecular weight excluding hydrogens is 488 g/mol. The highest BCUT2D eigenvalue weighted by Gasteiger charge is 2.52. The van der Waals surface area contributed by atoms with Gasteiger partial charge in [-0.2, -0.15) is 0 Å². The zero-order valence-corrected chi connectivity index (χ0v) is 20.9. The van der Waals surface area contributed by atoms with Crippen molar-refractivity contribution in [2.24, 2.45) is 0 Å². The Hall–Kier alpha value is -3.98. The van der Waals surface area contributed by atoms with E-state index in [2.05, 4.69) is 0 Å².